The SMILES string of the molecule is COc1ccc(NC(=O)Nc2ccc(CC3=NCCc4cc(OC)c(OC)cc43)cc2)cc1Cl. The quantitative estimate of drug-likeness (QED) is 0.462. The maximum absolute atomic E-state index is 12.4. The van der Waals surface area contributed by atoms with Crippen molar-refractivity contribution in [1.29, 1.82) is 0 Å². The van der Waals surface area contributed by atoms with E-state index in [1.165, 1.54) is 12.7 Å². The van der Waals surface area contributed by atoms with Crippen LogP contribution in [0.4, 0.5) is 16.2 Å². The normalized spacial score (nSPS) is 12.3. The maximum atomic E-state index is 12.4. The summed E-state index contributed by atoms with van der Waals surface area (Å²) in [5, 5.41) is 6.01. The van der Waals surface area contributed by atoms with E-state index >= 15 is 0 Å². The van der Waals surface area contributed by atoms with Gasteiger partial charge in [-0.05, 0) is 60.0 Å². The summed E-state index contributed by atoms with van der Waals surface area (Å²) < 4.78 is 16.0. The second-order valence-corrected chi connectivity index (χ2v) is 8.15. The average molecular weight is 480 g/mol. The second kappa shape index (κ2) is 10.5. The summed E-state index contributed by atoms with van der Waals surface area (Å²) in [5.41, 5.74) is 5.64. The van der Waals surface area contributed by atoms with Gasteiger partial charge >= 0.3 is 6.03 Å². The van der Waals surface area contributed by atoms with Crippen molar-refractivity contribution in [2.24, 2.45) is 4.99 Å². The van der Waals surface area contributed by atoms with Crippen LogP contribution in [-0.2, 0) is 12.8 Å². The van der Waals surface area contributed by atoms with Crippen molar-refractivity contribution in [3.8, 4) is 17.2 Å². The van der Waals surface area contributed by atoms with E-state index in [-0.39, 0.29) is 6.03 Å². The molecule has 2 amide bonds. The lowest BCUT2D eigenvalue weighted by Crippen LogP contribution is -2.19. The van der Waals surface area contributed by atoms with Gasteiger partial charge < -0.3 is 24.8 Å². The lowest BCUT2D eigenvalue weighted by Gasteiger charge is -2.20. The molecule has 1 heterocycles. The lowest BCUT2D eigenvalue weighted by atomic mass is 9.93. The number of carbonyl (C=O) groups excluding carboxylic acids is 1. The molecule has 2 N–H and O–H groups in total. The molecule has 0 aromatic heterocycles. The molecule has 7 nitrogen and oxygen atoms in total. The van der Waals surface area contributed by atoms with Gasteiger partial charge in [-0.25, -0.2) is 4.79 Å². The van der Waals surface area contributed by atoms with Gasteiger partial charge in [-0.3, -0.25) is 4.99 Å². The molecule has 1 aliphatic heterocycles. The molecular weight excluding hydrogens is 454 g/mol. The van der Waals surface area contributed by atoms with Crippen molar-refractivity contribution in [3.63, 3.8) is 0 Å². The van der Waals surface area contributed by atoms with E-state index in [4.69, 9.17) is 30.8 Å². The van der Waals surface area contributed by atoms with E-state index in [2.05, 4.69) is 10.6 Å². The zero-order valence-corrected chi connectivity index (χ0v) is 20.0. The van der Waals surface area contributed by atoms with Gasteiger partial charge in [0, 0.05) is 35.6 Å². The van der Waals surface area contributed by atoms with Crippen LogP contribution in [0.2, 0.25) is 5.02 Å². The molecular formula is C26H26ClN3O4. The fraction of sp³-hybridized carbons (Fsp3) is 0.231. The molecule has 8 heteroatoms. The Labute approximate surface area is 203 Å². The Bertz CT molecular complexity index is 1230. The lowest BCUT2D eigenvalue weighted by molar-refractivity contribution is 0.262. The number of urea groups is 1. The molecule has 0 saturated carbocycles. The summed E-state index contributed by atoms with van der Waals surface area (Å²) in [5.74, 6) is 1.97. The Hall–Kier alpha value is -3.71. The summed E-state index contributed by atoms with van der Waals surface area (Å²) >= 11 is 6.11. The molecule has 4 rings (SSSR count). The highest BCUT2D eigenvalue weighted by molar-refractivity contribution is 6.32. The van der Waals surface area contributed by atoms with E-state index in [9.17, 15) is 4.79 Å². The molecule has 0 bridgehead atoms. The van der Waals surface area contributed by atoms with Crippen LogP contribution in [0.15, 0.2) is 59.6 Å². The Morgan fingerprint density at radius 1 is 0.882 bits per heavy atom. The number of fused-ring (bicyclic) bond motifs is 1. The molecule has 34 heavy (non-hydrogen) atoms. The van der Waals surface area contributed by atoms with Gasteiger partial charge in [0.1, 0.15) is 5.75 Å². The van der Waals surface area contributed by atoms with Crippen molar-refractivity contribution in [3.05, 3.63) is 76.3 Å². The van der Waals surface area contributed by atoms with E-state index in [1.807, 2.05) is 36.4 Å². The van der Waals surface area contributed by atoms with E-state index in [1.54, 1.807) is 32.4 Å². The first-order valence-electron chi connectivity index (χ1n) is 10.8. The molecule has 176 valence electrons. The highest BCUT2D eigenvalue weighted by atomic mass is 35.5. The molecule has 3 aromatic rings. The summed E-state index contributed by atoms with van der Waals surface area (Å²) in [7, 11) is 4.82. The fourth-order valence-corrected chi connectivity index (χ4v) is 4.14. The molecule has 0 atom stereocenters. The van der Waals surface area contributed by atoms with Crippen LogP contribution >= 0.6 is 11.6 Å². The number of benzene rings is 3. The predicted molar refractivity (Wildman–Crippen MR) is 135 cm³/mol. The number of rotatable bonds is 7. The van der Waals surface area contributed by atoms with Gasteiger partial charge in [0.2, 0.25) is 0 Å². The molecule has 0 spiro atoms. The topological polar surface area (TPSA) is 81.2 Å². The van der Waals surface area contributed by atoms with Crippen molar-refractivity contribution in [1.82, 2.24) is 0 Å². The smallest absolute Gasteiger partial charge is 0.323 e. The summed E-state index contributed by atoms with van der Waals surface area (Å²) in [6.45, 7) is 0.743. The van der Waals surface area contributed by atoms with Crippen molar-refractivity contribution < 1.29 is 19.0 Å². The van der Waals surface area contributed by atoms with Crippen LogP contribution in [0.3, 0.4) is 0 Å². The number of halogens is 1. The summed E-state index contributed by atoms with van der Waals surface area (Å²) in [6, 6.07) is 16.4. The van der Waals surface area contributed by atoms with Gasteiger partial charge in [0.25, 0.3) is 0 Å². The number of carbonyl (C=O) groups is 1. The Kier molecular flexibility index (Phi) is 7.23. The van der Waals surface area contributed by atoms with Crippen LogP contribution in [0, 0.1) is 0 Å². The number of ether oxygens (including phenoxy) is 3. The van der Waals surface area contributed by atoms with Gasteiger partial charge in [-0.15, -0.1) is 0 Å². The van der Waals surface area contributed by atoms with E-state index in [0.717, 1.165) is 35.6 Å². The highest BCUT2D eigenvalue weighted by Crippen LogP contribution is 2.33. The minimum Gasteiger partial charge on any atom is -0.495 e. The Morgan fingerprint density at radius 2 is 1.53 bits per heavy atom. The molecule has 0 unspecified atom stereocenters. The number of hydrogen-bond donors (Lipinski definition) is 2. The van der Waals surface area contributed by atoms with Crippen LogP contribution in [0.5, 0.6) is 17.2 Å². The Balaban J connectivity index is 1.41. The van der Waals surface area contributed by atoms with Gasteiger partial charge in [-0.1, -0.05) is 23.7 Å². The van der Waals surface area contributed by atoms with Crippen molar-refractivity contribution in [2.75, 3.05) is 38.5 Å². The number of nitrogens with one attached hydrogen (secondary N) is 2. The number of amides is 2. The molecule has 0 radical (unpaired) electrons. The van der Waals surface area contributed by atoms with Gasteiger partial charge in [-0.2, -0.15) is 0 Å². The summed E-state index contributed by atoms with van der Waals surface area (Å²) in [6.07, 6.45) is 1.55. The zero-order chi connectivity index (χ0) is 24.1. The van der Waals surface area contributed by atoms with Gasteiger partial charge in [0.05, 0.1) is 26.4 Å². The molecule has 3 aromatic carbocycles. The third-order valence-corrected chi connectivity index (χ3v) is 5.89. The average Bonchev–Trinajstić information content (AvgIpc) is 2.84. The monoisotopic (exact) mass is 479 g/mol. The Morgan fingerprint density at radius 3 is 2.21 bits per heavy atom. The number of methoxy groups -OCH3 is 3. The van der Waals surface area contributed by atoms with Crippen molar-refractivity contribution >= 4 is 34.7 Å². The third kappa shape index (κ3) is 5.26. The number of hydrogen-bond acceptors (Lipinski definition) is 5. The van der Waals surface area contributed by atoms with Crippen LogP contribution in [0.25, 0.3) is 0 Å². The third-order valence-electron chi connectivity index (χ3n) is 5.60. The molecule has 0 aliphatic carbocycles. The minimum absolute atomic E-state index is 0.361. The predicted octanol–water partition coefficient (Wildman–Crippen LogP) is 5.60. The zero-order valence-electron chi connectivity index (χ0n) is 19.3. The number of nitrogens with zero attached hydrogens (tertiary/aromatic N) is 1. The molecule has 0 fully saturated rings. The van der Waals surface area contributed by atoms with Crippen molar-refractivity contribution in [2.45, 2.75) is 12.8 Å². The minimum atomic E-state index is -0.361. The van der Waals surface area contributed by atoms with E-state index < -0.39 is 0 Å². The molecule has 1 aliphatic rings. The van der Waals surface area contributed by atoms with Crippen LogP contribution < -0.4 is 24.8 Å². The first kappa shape index (κ1) is 23.4. The highest BCUT2D eigenvalue weighted by Gasteiger charge is 2.19. The number of aliphatic imine (C=N–C) groups is 1. The standard InChI is InChI=1S/C26H26ClN3O4/c1-32-23-9-8-19(14-21(23)27)30-26(31)29-18-6-4-16(5-7-18)12-22-20-15-25(34-3)24(33-2)13-17(20)10-11-28-22/h4-9,13-15H,10-12H2,1-3H3,(H2,29,30,31). The van der Waals surface area contributed by atoms with Crippen LogP contribution in [0.1, 0.15) is 16.7 Å². The first-order chi connectivity index (χ1) is 16.5. The summed E-state index contributed by atoms with van der Waals surface area (Å²) in [4.78, 5) is 17.1. The largest absolute Gasteiger partial charge is 0.495 e. The van der Waals surface area contributed by atoms with E-state index in [0.29, 0.717) is 34.3 Å². The maximum Gasteiger partial charge on any atom is 0.323 e. The number of anilines is 2. The van der Waals surface area contributed by atoms with Gasteiger partial charge in [0.15, 0.2) is 11.5 Å². The molecule has 0 saturated heterocycles. The van der Waals surface area contributed by atoms with Crippen LogP contribution in [-0.4, -0.2) is 39.6 Å². The second-order valence-electron chi connectivity index (χ2n) is 7.74. The first-order valence-corrected chi connectivity index (χ1v) is 11.2. The fourth-order valence-electron chi connectivity index (χ4n) is 3.88.